The third-order valence-corrected chi connectivity index (χ3v) is 5.58. The molecule has 0 aliphatic carbocycles. The topological polar surface area (TPSA) is 133 Å². The Labute approximate surface area is 152 Å². The summed E-state index contributed by atoms with van der Waals surface area (Å²) in [5.41, 5.74) is 8.12. The quantitative estimate of drug-likeness (QED) is 0.276. The lowest BCUT2D eigenvalue weighted by Crippen LogP contribution is -2.70. The van der Waals surface area contributed by atoms with Crippen LogP contribution in [-0.4, -0.2) is 45.6 Å². The van der Waals surface area contributed by atoms with Crippen molar-refractivity contribution in [2.45, 2.75) is 17.8 Å². The Bertz CT molecular complexity index is 865. The van der Waals surface area contributed by atoms with Crippen LogP contribution in [0.25, 0.3) is 10.4 Å². The number of β-lactam (4-membered cyclic amide) rings is 1. The van der Waals surface area contributed by atoms with Gasteiger partial charge in [0.15, 0.2) is 5.54 Å². The van der Waals surface area contributed by atoms with E-state index >= 15 is 0 Å². The van der Waals surface area contributed by atoms with Crippen LogP contribution in [0.15, 0.2) is 46.7 Å². The molecular weight excluding hydrogens is 360 g/mol. The van der Waals surface area contributed by atoms with Crippen molar-refractivity contribution in [3.05, 3.63) is 57.6 Å². The number of carboxylic acids is 1. The first-order chi connectivity index (χ1) is 12.4. The van der Waals surface area contributed by atoms with Gasteiger partial charge in [-0.2, -0.15) is 0 Å². The van der Waals surface area contributed by atoms with Gasteiger partial charge in [0, 0.05) is 23.2 Å². The average molecular weight is 374 g/mol. The molecule has 9 nitrogen and oxygen atoms in total. The smallest absolute Gasteiger partial charge is 0.352 e. The largest absolute Gasteiger partial charge is 0.477 e. The van der Waals surface area contributed by atoms with Crippen LogP contribution in [-0.2, 0) is 24.7 Å². The van der Waals surface area contributed by atoms with E-state index in [9.17, 15) is 19.5 Å². The number of hydrogen-bond acceptors (Lipinski definition) is 6. The molecule has 1 unspecified atom stereocenters. The summed E-state index contributed by atoms with van der Waals surface area (Å²) in [7, 11) is 0. The van der Waals surface area contributed by atoms with Crippen molar-refractivity contribution >= 4 is 29.6 Å². The highest BCUT2D eigenvalue weighted by atomic mass is 32.2. The fourth-order valence-electron chi connectivity index (χ4n) is 3.08. The number of aliphatic carboxylic acids is 1. The van der Waals surface area contributed by atoms with E-state index in [4.69, 9.17) is 10.3 Å². The number of ether oxygens (including phenoxy) is 1. The van der Waals surface area contributed by atoms with Crippen molar-refractivity contribution in [1.82, 2.24) is 4.90 Å². The number of rotatable bonds is 5. The summed E-state index contributed by atoms with van der Waals surface area (Å²) in [6, 6.07) is 8.54. The molecule has 1 amide bonds. The minimum absolute atomic E-state index is 0.208. The standard InChI is InChI=1S/C16H14N4O5S/c1-9(21)25-7-10-8-26-15-16(18-19-17,11-5-3-2-4-6-11)14(24)20(15)12(10)13(22)23/h2-6,15H,7-8H2,1H3,(H,22,23)/t15-,16?/m1/s1. The highest BCUT2D eigenvalue weighted by molar-refractivity contribution is 8.00. The fraction of sp³-hybridized carbons (Fsp3) is 0.312. The Morgan fingerprint density at radius 2 is 2.15 bits per heavy atom. The van der Waals surface area contributed by atoms with Crippen molar-refractivity contribution < 1.29 is 24.2 Å². The molecule has 26 heavy (non-hydrogen) atoms. The minimum atomic E-state index is -1.49. The maximum Gasteiger partial charge on any atom is 0.352 e. The molecule has 2 aliphatic heterocycles. The molecule has 1 aromatic carbocycles. The Morgan fingerprint density at radius 1 is 1.46 bits per heavy atom. The number of carbonyl (C=O) groups excluding carboxylic acids is 2. The minimum Gasteiger partial charge on any atom is -0.477 e. The molecule has 1 N–H and O–H groups in total. The van der Waals surface area contributed by atoms with Crippen LogP contribution in [0.5, 0.6) is 0 Å². The lowest BCUT2D eigenvalue weighted by molar-refractivity contribution is -0.155. The monoisotopic (exact) mass is 374 g/mol. The SMILES string of the molecule is CC(=O)OCC1=C(C(=O)O)N2C(=O)C(N=[N+]=[N-])(c3ccccc3)[C@H]2SC1. The maximum atomic E-state index is 12.9. The van der Waals surface area contributed by atoms with E-state index in [1.165, 1.54) is 18.7 Å². The van der Waals surface area contributed by atoms with Crippen molar-refractivity contribution in [3.8, 4) is 0 Å². The number of carbonyl (C=O) groups is 3. The van der Waals surface area contributed by atoms with Crippen molar-refractivity contribution in [3.63, 3.8) is 0 Å². The molecule has 0 saturated carbocycles. The highest BCUT2D eigenvalue weighted by Gasteiger charge is 2.65. The maximum absolute atomic E-state index is 12.9. The number of amides is 1. The van der Waals surface area contributed by atoms with E-state index in [-0.39, 0.29) is 18.1 Å². The van der Waals surface area contributed by atoms with E-state index in [1.807, 2.05) is 0 Å². The van der Waals surface area contributed by atoms with Crippen LogP contribution in [0.2, 0.25) is 0 Å². The number of hydrogen-bond donors (Lipinski definition) is 1. The number of esters is 1. The van der Waals surface area contributed by atoms with Gasteiger partial charge < -0.3 is 9.84 Å². The van der Waals surface area contributed by atoms with Gasteiger partial charge in [-0.25, -0.2) is 4.79 Å². The normalized spacial score (nSPS) is 24.3. The van der Waals surface area contributed by atoms with E-state index in [0.717, 1.165) is 4.90 Å². The molecule has 10 heteroatoms. The molecule has 0 bridgehead atoms. The molecule has 0 spiro atoms. The zero-order chi connectivity index (χ0) is 18.9. The third kappa shape index (κ3) is 2.59. The van der Waals surface area contributed by atoms with Gasteiger partial charge in [-0.05, 0) is 11.1 Å². The summed E-state index contributed by atoms with van der Waals surface area (Å²) in [6.07, 6.45) is 0. The van der Waals surface area contributed by atoms with E-state index in [2.05, 4.69) is 10.0 Å². The Morgan fingerprint density at radius 3 is 2.73 bits per heavy atom. The molecular formula is C16H14N4O5S. The number of azide groups is 1. The lowest BCUT2D eigenvalue weighted by atomic mass is 9.80. The van der Waals surface area contributed by atoms with Crippen LogP contribution >= 0.6 is 11.8 Å². The molecule has 1 aromatic rings. The van der Waals surface area contributed by atoms with Crippen LogP contribution < -0.4 is 0 Å². The van der Waals surface area contributed by atoms with Crippen LogP contribution in [0.4, 0.5) is 0 Å². The zero-order valence-electron chi connectivity index (χ0n) is 13.7. The second-order valence-corrected chi connectivity index (χ2v) is 6.77. The Balaban J connectivity index is 2.04. The predicted octanol–water partition coefficient (Wildman–Crippen LogP) is 2.01. The van der Waals surface area contributed by atoms with Gasteiger partial charge >= 0.3 is 11.9 Å². The molecule has 134 valence electrons. The lowest BCUT2D eigenvalue weighted by Gasteiger charge is -2.55. The Hall–Kier alpha value is -2.97. The van der Waals surface area contributed by atoms with Gasteiger partial charge in [0.05, 0.1) is 0 Å². The van der Waals surface area contributed by atoms with Crippen LogP contribution in [0.1, 0.15) is 12.5 Å². The van der Waals surface area contributed by atoms with Gasteiger partial charge in [-0.15, -0.1) is 11.8 Å². The van der Waals surface area contributed by atoms with Gasteiger partial charge in [-0.1, -0.05) is 35.4 Å². The number of fused-ring (bicyclic) bond motifs is 1. The van der Waals surface area contributed by atoms with E-state index < -0.39 is 28.8 Å². The average Bonchev–Trinajstić information content (AvgIpc) is 2.63. The summed E-state index contributed by atoms with van der Waals surface area (Å²) < 4.78 is 4.90. The molecule has 2 aliphatic rings. The van der Waals surface area contributed by atoms with Crippen molar-refractivity contribution in [2.75, 3.05) is 12.4 Å². The Kier molecular flexibility index (Phi) is 4.62. The second-order valence-electron chi connectivity index (χ2n) is 5.70. The first-order valence-electron chi connectivity index (χ1n) is 7.59. The molecule has 1 fully saturated rings. The predicted molar refractivity (Wildman–Crippen MR) is 91.7 cm³/mol. The summed E-state index contributed by atoms with van der Waals surface area (Å²) in [4.78, 5) is 39.7. The molecule has 2 heterocycles. The van der Waals surface area contributed by atoms with Crippen molar-refractivity contribution in [1.29, 1.82) is 0 Å². The molecule has 2 atom stereocenters. The molecule has 0 radical (unpaired) electrons. The first-order valence-corrected chi connectivity index (χ1v) is 8.64. The number of benzene rings is 1. The number of thioether (sulfide) groups is 1. The summed E-state index contributed by atoms with van der Waals surface area (Å²) in [5, 5.41) is 12.7. The fourth-order valence-corrected chi connectivity index (χ4v) is 4.53. The van der Waals surface area contributed by atoms with Gasteiger partial charge in [0.2, 0.25) is 5.91 Å². The molecule has 0 aromatic heterocycles. The molecule has 3 rings (SSSR count). The van der Waals surface area contributed by atoms with Crippen LogP contribution in [0, 0.1) is 0 Å². The second kappa shape index (κ2) is 6.74. The van der Waals surface area contributed by atoms with Gasteiger partial charge in [0.1, 0.15) is 17.7 Å². The molecule has 1 saturated heterocycles. The van der Waals surface area contributed by atoms with Gasteiger partial charge in [-0.3, -0.25) is 14.5 Å². The first kappa shape index (κ1) is 17.8. The zero-order valence-corrected chi connectivity index (χ0v) is 14.5. The summed E-state index contributed by atoms with van der Waals surface area (Å²) >= 11 is 1.27. The summed E-state index contributed by atoms with van der Waals surface area (Å²) in [5.74, 6) is -2.22. The van der Waals surface area contributed by atoms with Crippen molar-refractivity contribution in [2.24, 2.45) is 5.11 Å². The third-order valence-electron chi connectivity index (χ3n) is 4.20. The van der Waals surface area contributed by atoms with E-state index in [0.29, 0.717) is 11.1 Å². The number of nitrogens with zero attached hydrogens (tertiary/aromatic N) is 4. The van der Waals surface area contributed by atoms with Gasteiger partial charge in [0.25, 0.3) is 0 Å². The van der Waals surface area contributed by atoms with Crippen LogP contribution in [0.3, 0.4) is 0 Å². The summed E-state index contributed by atoms with van der Waals surface area (Å²) in [6.45, 7) is 1.01. The number of carboxylic acid groups (broad SMARTS) is 1. The highest BCUT2D eigenvalue weighted by Crippen LogP contribution is 2.53. The van der Waals surface area contributed by atoms with E-state index in [1.54, 1.807) is 30.3 Å².